The molecular formula is C15H11NO6. The molecule has 1 aliphatic carbocycles. The Labute approximate surface area is 123 Å². The van der Waals surface area contributed by atoms with Gasteiger partial charge >= 0.3 is 5.97 Å². The van der Waals surface area contributed by atoms with E-state index in [-0.39, 0.29) is 11.5 Å². The SMILES string of the molecule is O=C(O)C(O)C1=c2ccccc2=C2C=C([N+](=O)[O-])C=CC2O1. The van der Waals surface area contributed by atoms with Gasteiger partial charge in [0.25, 0.3) is 5.70 Å². The molecule has 3 rings (SSSR count). The minimum Gasteiger partial charge on any atom is -0.482 e. The van der Waals surface area contributed by atoms with Crippen LogP contribution in [0.3, 0.4) is 0 Å². The predicted octanol–water partition coefficient (Wildman–Crippen LogP) is -0.480. The fourth-order valence-electron chi connectivity index (χ4n) is 2.50. The van der Waals surface area contributed by atoms with Crippen LogP contribution in [0.5, 0.6) is 0 Å². The van der Waals surface area contributed by atoms with Crippen LogP contribution in [0.15, 0.2) is 48.2 Å². The zero-order chi connectivity index (χ0) is 15.9. The molecule has 112 valence electrons. The fourth-order valence-corrected chi connectivity index (χ4v) is 2.50. The minimum atomic E-state index is -1.79. The largest absolute Gasteiger partial charge is 0.482 e. The molecule has 1 heterocycles. The summed E-state index contributed by atoms with van der Waals surface area (Å²) in [7, 11) is 0. The van der Waals surface area contributed by atoms with Gasteiger partial charge in [0.05, 0.1) is 4.92 Å². The number of carbonyl (C=O) groups is 1. The van der Waals surface area contributed by atoms with E-state index in [1.807, 2.05) is 0 Å². The van der Waals surface area contributed by atoms with Crippen molar-refractivity contribution in [1.82, 2.24) is 0 Å². The van der Waals surface area contributed by atoms with E-state index in [0.29, 0.717) is 16.0 Å². The molecule has 2 atom stereocenters. The quantitative estimate of drug-likeness (QED) is 0.576. The topological polar surface area (TPSA) is 110 Å². The summed E-state index contributed by atoms with van der Waals surface area (Å²) >= 11 is 0. The molecule has 22 heavy (non-hydrogen) atoms. The van der Waals surface area contributed by atoms with E-state index in [1.54, 1.807) is 24.3 Å². The van der Waals surface area contributed by atoms with Gasteiger partial charge in [0.1, 0.15) is 11.9 Å². The Kier molecular flexibility index (Phi) is 3.26. The number of nitrogens with zero attached hydrogens (tertiary/aromatic N) is 1. The van der Waals surface area contributed by atoms with Gasteiger partial charge in [-0.2, -0.15) is 0 Å². The maximum absolute atomic E-state index is 11.0. The number of aliphatic carboxylic acids is 1. The van der Waals surface area contributed by atoms with Crippen LogP contribution < -0.4 is 10.4 Å². The van der Waals surface area contributed by atoms with Crippen LogP contribution in [0.25, 0.3) is 11.3 Å². The van der Waals surface area contributed by atoms with Gasteiger partial charge in [0.15, 0.2) is 0 Å². The van der Waals surface area contributed by atoms with Gasteiger partial charge < -0.3 is 14.9 Å². The molecule has 7 nitrogen and oxygen atoms in total. The molecule has 2 N–H and O–H groups in total. The fraction of sp³-hybridized carbons (Fsp3) is 0.133. The maximum atomic E-state index is 11.0. The number of rotatable bonds is 3. The number of carboxylic acids is 1. The van der Waals surface area contributed by atoms with Crippen LogP contribution in [0.4, 0.5) is 0 Å². The van der Waals surface area contributed by atoms with Crippen molar-refractivity contribution in [2.24, 2.45) is 0 Å². The lowest BCUT2D eigenvalue weighted by Crippen LogP contribution is -2.43. The summed E-state index contributed by atoms with van der Waals surface area (Å²) in [6.07, 6.45) is 1.71. The van der Waals surface area contributed by atoms with E-state index in [0.717, 1.165) is 0 Å². The number of allylic oxidation sites excluding steroid dienone is 1. The molecule has 1 aromatic carbocycles. The molecule has 2 aliphatic rings. The summed E-state index contributed by atoms with van der Waals surface area (Å²) in [5, 5.41) is 30.7. The van der Waals surface area contributed by atoms with Crippen molar-refractivity contribution in [3.8, 4) is 0 Å². The van der Waals surface area contributed by atoms with Crippen molar-refractivity contribution >= 4 is 17.3 Å². The second-order valence-electron chi connectivity index (χ2n) is 4.83. The predicted molar refractivity (Wildman–Crippen MR) is 75.2 cm³/mol. The highest BCUT2D eigenvalue weighted by molar-refractivity contribution is 5.84. The van der Waals surface area contributed by atoms with Gasteiger partial charge in [-0.3, -0.25) is 10.1 Å². The Morgan fingerprint density at radius 1 is 1.32 bits per heavy atom. The number of benzene rings is 1. The van der Waals surface area contributed by atoms with Crippen LogP contribution in [0.1, 0.15) is 0 Å². The zero-order valence-corrected chi connectivity index (χ0v) is 11.2. The van der Waals surface area contributed by atoms with E-state index in [4.69, 9.17) is 9.84 Å². The number of hydrogen-bond donors (Lipinski definition) is 2. The van der Waals surface area contributed by atoms with E-state index >= 15 is 0 Å². The van der Waals surface area contributed by atoms with Crippen molar-refractivity contribution in [2.45, 2.75) is 12.2 Å². The van der Waals surface area contributed by atoms with E-state index in [2.05, 4.69) is 0 Å². The van der Waals surface area contributed by atoms with Crippen molar-refractivity contribution in [3.05, 3.63) is 68.7 Å². The Morgan fingerprint density at radius 3 is 2.64 bits per heavy atom. The molecule has 0 saturated heterocycles. The second-order valence-corrected chi connectivity index (χ2v) is 4.83. The molecule has 1 aliphatic heterocycles. The monoisotopic (exact) mass is 301 g/mol. The van der Waals surface area contributed by atoms with Gasteiger partial charge in [0.2, 0.25) is 6.10 Å². The number of carboxylic acid groups (broad SMARTS) is 1. The van der Waals surface area contributed by atoms with Gasteiger partial charge in [-0.15, -0.1) is 0 Å². The van der Waals surface area contributed by atoms with E-state index in [9.17, 15) is 20.0 Å². The molecule has 0 spiro atoms. The number of aliphatic hydroxyl groups excluding tert-OH is 1. The molecule has 2 unspecified atom stereocenters. The summed E-state index contributed by atoms with van der Waals surface area (Å²) in [6.45, 7) is 0. The third-order valence-corrected chi connectivity index (χ3v) is 3.50. The number of hydrogen-bond acceptors (Lipinski definition) is 5. The molecular weight excluding hydrogens is 290 g/mol. The van der Waals surface area contributed by atoms with Crippen molar-refractivity contribution < 1.29 is 24.7 Å². The lowest BCUT2D eigenvalue weighted by Gasteiger charge is -2.26. The average Bonchev–Trinajstić information content (AvgIpc) is 2.52. The average molecular weight is 301 g/mol. The summed E-state index contributed by atoms with van der Waals surface area (Å²) < 4.78 is 5.56. The highest BCUT2D eigenvalue weighted by atomic mass is 16.6. The molecule has 0 fully saturated rings. The van der Waals surface area contributed by atoms with Crippen LogP contribution in [0.2, 0.25) is 0 Å². The normalized spacial score (nSPS) is 20.4. The Hall–Kier alpha value is -2.93. The van der Waals surface area contributed by atoms with Crippen molar-refractivity contribution in [2.75, 3.05) is 0 Å². The third-order valence-electron chi connectivity index (χ3n) is 3.50. The van der Waals surface area contributed by atoms with Crippen molar-refractivity contribution in [3.63, 3.8) is 0 Å². The van der Waals surface area contributed by atoms with Crippen LogP contribution in [-0.2, 0) is 9.53 Å². The first-order valence-corrected chi connectivity index (χ1v) is 6.44. The second kappa shape index (κ2) is 5.12. The molecule has 0 saturated carbocycles. The molecule has 0 radical (unpaired) electrons. The first kappa shape index (κ1) is 14.0. The van der Waals surface area contributed by atoms with Gasteiger partial charge in [-0.25, -0.2) is 4.79 Å². The minimum absolute atomic E-state index is 0.0700. The summed E-state index contributed by atoms with van der Waals surface area (Å²) in [6, 6.07) is 6.73. The molecule has 1 aromatic rings. The zero-order valence-electron chi connectivity index (χ0n) is 11.2. The Morgan fingerprint density at radius 2 is 2.00 bits per heavy atom. The van der Waals surface area contributed by atoms with Gasteiger partial charge in [0, 0.05) is 22.9 Å². The van der Waals surface area contributed by atoms with Gasteiger partial charge in [-0.1, -0.05) is 24.3 Å². The first-order chi connectivity index (χ1) is 10.5. The summed E-state index contributed by atoms with van der Waals surface area (Å²) in [4.78, 5) is 21.4. The van der Waals surface area contributed by atoms with Crippen molar-refractivity contribution in [1.29, 1.82) is 0 Å². The molecule has 7 heteroatoms. The first-order valence-electron chi connectivity index (χ1n) is 6.44. The van der Waals surface area contributed by atoms with Crippen LogP contribution in [-0.4, -0.2) is 33.3 Å². The summed E-state index contributed by atoms with van der Waals surface area (Å²) in [5.74, 6) is -1.49. The number of ether oxygens (including phenoxy) is 1. The lowest BCUT2D eigenvalue weighted by atomic mass is 9.96. The van der Waals surface area contributed by atoms with Gasteiger partial charge in [-0.05, 0) is 11.3 Å². The maximum Gasteiger partial charge on any atom is 0.340 e. The number of fused-ring (bicyclic) bond motifs is 2. The molecule has 0 aromatic heterocycles. The Balaban J connectivity index is 2.32. The summed E-state index contributed by atoms with van der Waals surface area (Å²) in [5.41, 5.74) is 0.484. The smallest absolute Gasteiger partial charge is 0.340 e. The number of aliphatic hydroxyl groups is 1. The van der Waals surface area contributed by atoms with E-state index < -0.39 is 23.1 Å². The lowest BCUT2D eigenvalue weighted by molar-refractivity contribution is -0.419. The standard InChI is InChI=1S/C15H11NO6/c17-13(15(18)19)14-10-4-2-1-3-9(10)11-7-8(16(20)21)5-6-12(11)22-14/h1-7,12-13,17H,(H,18,19). The highest BCUT2D eigenvalue weighted by Crippen LogP contribution is 2.24. The molecule has 0 bridgehead atoms. The van der Waals surface area contributed by atoms with Crippen LogP contribution >= 0.6 is 0 Å². The van der Waals surface area contributed by atoms with Crippen LogP contribution in [0, 0.1) is 10.1 Å². The number of nitro groups is 1. The highest BCUT2D eigenvalue weighted by Gasteiger charge is 2.31. The van der Waals surface area contributed by atoms with E-state index in [1.165, 1.54) is 18.2 Å². The Bertz CT molecular complexity index is 851. The molecule has 0 amide bonds. The third kappa shape index (κ3) is 2.17.